The van der Waals surface area contributed by atoms with Gasteiger partial charge in [0.1, 0.15) is 12.4 Å². The fourth-order valence-electron chi connectivity index (χ4n) is 2.79. The second kappa shape index (κ2) is 8.85. The molecule has 146 valence electrons. The van der Waals surface area contributed by atoms with Gasteiger partial charge in [-0.2, -0.15) is 0 Å². The standard InChI is InChI=1S/C19H19N3O6/c23-18(28-17-8-6-16(7-9-17)22(25)26)20-15-10-11-21(12-15)19(24)27-13-14-4-2-1-3-5-14/h1-9,15H,10-13H2,(H,20,23)/t15-/m0/s1. The SMILES string of the molecule is O=C(N[C@H]1CCN(C(=O)OCc2ccccc2)C1)Oc1ccc([N+](=O)[O-])cc1. The molecule has 1 N–H and O–H groups in total. The molecule has 1 atom stereocenters. The first-order chi connectivity index (χ1) is 13.5. The minimum Gasteiger partial charge on any atom is -0.445 e. The van der Waals surface area contributed by atoms with E-state index >= 15 is 0 Å². The van der Waals surface area contributed by atoms with E-state index in [1.807, 2.05) is 30.3 Å². The third kappa shape index (κ3) is 5.19. The maximum Gasteiger partial charge on any atom is 0.412 e. The van der Waals surface area contributed by atoms with Crippen molar-refractivity contribution in [2.75, 3.05) is 13.1 Å². The van der Waals surface area contributed by atoms with Crippen LogP contribution in [0.4, 0.5) is 15.3 Å². The molecule has 0 aromatic heterocycles. The Morgan fingerprint density at radius 2 is 1.86 bits per heavy atom. The highest BCUT2D eigenvalue weighted by atomic mass is 16.6. The molecule has 1 fully saturated rings. The van der Waals surface area contributed by atoms with Gasteiger partial charge in [0.25, 0.3) is 5.69 Å². The smallest absolute Gasteiger partial charge is 0.412 e. The van der Waals surface area contributed by atoms with Gasteiger partial charge >= 0.3 is 12.2 Å². The van der Waals surface area contributed by atoms with Crippen LogP contribution in [0.5, 0.6) is 5.75 Å². The van der Waals surface area contributed by atoms with Crippen LogP contribution < -0.4 is 10.1 Å². The summed E-state index contributed by atoms with van der Waals surface area (Å²) in [6.07, 6.45) is -0.536. The number of nitro groups is 1. The van der Waals surface area contributed by atoms with Crippen LogP contribution in [-0.4, -0.2) is 41.1 Å². The highest BCUT2D eigenvalue weighted by Crippen LogP contribution is 2.18. The topological polar surface area (TPSA) is 111 Å². The van der Waals surface area contributed by atoms with Crippen molar-refractivity contribution in [3.63, 3.8) is 0 Å². The Morgan fingerprint density at radius 3 is 2.54 bits per heavy atom. The van der Waals surface area contributed by atoms with E-state index in [0.29, 0.717) is 19.5 Å². The zero-order chi connectivity index (χ0) is 19.9. The van der Waals surface area contributed by atoms with Gasteiger partial charge < -0.3 is 19.7 Å². The summed E-state index contributed by atoms with van der Waals surface area (Å²) < 4.78 is 10.4. The van der Waals surface area contributed by atoms with Gasteiger partial charge in [0, 0.05) is 25.2 Å². The van der Waals surface area contributed by atoms with E-state index in [4.69, 9.17) is 9.47 Å². The van der Waals surface area contributed by atoms with Gasteiger partial charge in [-0.3, -0.25) is 10.1 Å². The van der Waals surface area contributed by atoms with Gasteiger partial charge in [0.05, 0.1) is 11.0 Å². The van der Waals surface area contributed by atoms with Crippen LogP contribution in [0.25, 0.3) is 0 Å². The van der Waals surface area contributed by atoms with Crippen LogP contribution in [0, 0.1) is 10.1 Å². The molecule has 0 spiro atoms. The first-order valence-electron chi connectivity index (χ1n) is 8.69. The number of likely N-dealkylation sites (tertiary alicyclic amines) is 1. The molecule has 1 heterocycles. The summed E-state index contributed by atoms with van der Waals surface area (Å²) in [7, 11) is 0. The summed E-state index contributed by atoms with van der Waals surface area (Å²) in [5.41, 5.74) is 0.810. The monoisotopic (exact) mass is 385 g/mol. The second-order valence-electron chi connectivity index (χ2n) is 6.26. The van der Waals surface area contributed by atoms with E-state index in [9.17, 15) is 19.7 Å². The molecule has 1 saturated heterocycles. The molecule has 2 aromatic carbocycles. The molecule has 2 amide bonds. The van der Waals surface area contributed by atoms with E-state index in [1.54, 1.807) is 0 Å². The number of benzene rings is 2. The second-order valence-corrected chi connectivity index (χ2v) is 6.26. The third-order valence-corrected chi connectivity index (χ3v) is 4.23. The molecular formula is C19H19N3O6. The van der Waals surface area contributed by atoms with Gasteiger partial charge in [-0.15, -0.1) is 0 Å². The fraction of sp³-hybridized carbons (Fsp3) is 0.263. The summed E-state index contributed by atoms with van der Waals surface area (Å²) in [5.74, 6) is 0.195. The Hall–Kier alpha value is -3.62. The van der Waals surface area contributed by atoms with Gasteiger partial charge in [0.15, 0.2) is 0 Å². The minimum absolute atomic E-state index is 0.0896. The molecule has 3 rings (SSSR count). The number of non-ortho nitro benzene ring substituents is 1. The Labute approximate surface area is 161 Å². The summed E-state index contributed by atoms with van der Waals surface area (Å²) in [4.78, 5) is 35.7. The lowest BCUT2D eigenvalue weighted by Gasteiger charge is -2.17. The predicted molar refractivity (Wildman–Crippen MR) is 98.9 cm³/mol. The molecule has 9 nitrogen and oxygen atoms in total. The number of ether oxygens (including phenoxy) is 2. The molecule has 0 saturated carbocycles. The Bertz CT molecular complexity index is 841. The predicted octanol–water partition coefficient (Wildman–Crippen LogP) is 3.09. The first kappa shape index (κ1) is 19.2. The zero-order valence-electron chi connectivity index (χ0n) is 14.9. The molecule has 2 aromatic rings. The van der Waals surface area contributed by atoms with Crippen LogP contribution in [-0.2, 0) is 11.3 Å². The number of rotatable bonds is 5. The Morgan fingerprint density at radius 1 is 1.14 bits per heavy atom. The van der Waals surface area contributed by atoms with E-state index in [-0.39, 0.29) is 24.1 Å². The quantitative estimate of drug-likeness (QED) is 0.625. The lowest BCUT2D eigenvalue weighted by molar-refractivity contribution is -0.384. The lowest BCUT2D eigenvalue weighted by atomic mass is 10.2. The Balaban J connectivity index is 1.42. The van der Waals surface area contributed by atoms with Gasteiger partial charge in [-0.05, 0) is 24.1 Å². The number of hydrogen-bond donors (Lipinski definition) is 1. The Kier molecular flexibility index (Phi) is 6.05. The van der Waals surface area contributed by atoms with Crippen molar-refractivity contribution in [1.82, 2.24) is 10.2 Å². The van der Waals surface area contributed by atoms with Crippen molar-refractivity contribution in [3.05, 3.63) is 70.3 Å². The molecule has 0 unspecified atom stereocenters. The summed E-state index contributed by atoms with van der Waals surface area (Å²) >= 11 is 0. The van der Waals surface area contributed by atoms with E-state index in [1.165, 1.54) is 29.2 Å². The average molecular weight is 385 g/mol. The first-order valence-corrected chi connectivity index (χ1v) is 8.69. The van der Waals surface area contributed by atoms with Crippen molar-refractivity contribution in [2.24, 2.45) is 0 Å². The minimum atomic E-state index is -0.682. The molecule has 1 aliphatic heterocycles. The molecule has 1 aliphatic rings. The van der Waals surface area contributed by atoms with Crippen molar-refractivity contribution in [1.29, 1.82) is 0 Å². The number of nitro benzene ring substituents is 1. The molecule has 0 radical (unpaired) electrons. The number of nitrogens with zero attached hydrogens (tertiary/aromatic N) is 2. The van der Waals surface area contributed by atoms with E-state index in [0.717, 1.165) is 5.56 Å². The van der Waals surface area contributed by atoms with Gasteiger partial charge in [0.2, 0.25) is 0 Å². The van der Waals surface area contributed by atoms with Crippen molar-refractivity contribution < 1.29 is 24.0 Å². The fourth-order valence-corrected chi connectivity index (χ4v) is 2.79. The molecule has 0 bridgehead atoms. The highest BCUT2D eigenvalue weighted by Gasteiger charge is 2.28. The van der Waals surface area contributed by atoms with Crippen molar-refractivity contribution in [3.8, 4) is 5.75 Å². The van der Waals surface area contributed by atoms with Crippen LogP contribution in [0.15, 0.2) is 54.6 Å². The lowest BCUT2D eigenvalue weighted by Crippen LogP contribution is -2.40. The summed E-state index contributed by atoms with van der Waals surface area (Å²) in [5, 5.41) is 13.3. The van der Waals surface area contributed by atoms with Crippen LogP contribution in [0.1, 0.15) is 12.0 Å². The normalized spacial score (nSPS) is 15.7. The van der Waals surface area contributed by atoms with E-state index in [2.05, 4.69) is 5.32 Å². The molecular weight excluding hydrogens is 366 g/mol. The van der Waals surface area contributed by atoms with Crippen molar-refractivity contribution >= 4 is 17.9 Å². The average Bonchev–Trinajstić information content (AvgIpc) is 3.15. The maximum absolute atomic E-state index is 12.1. The summed E-state index contributed by atoms with van der Waals surface area (Å²) in [6.45, 7) is 0.982. The van der Waals surface area contributed by atoms with E-state index < -0.39 is 17.1 Å². The molecule has 9 heteroatoms. The number of nitrogens with one attached hydrogen (secondary N) is 1. The largest absolute Gasteiger partial charge is 0.445 e. The van der Waals surface area contributed by atoms with Gasteiger partial charge in [-0.1, -0.05) is 30.3 Å². The molecule has 0 aliphatic carbocycles. The molecule has 28 heavy (non-hydrogen) atoms. The maximum atomic E-state index is 12.1. The number of amides is 2. The highest BCUT2D eigenvalue weighted by molar-refractivity contribution is 5.72. The zero-order valence-corrected chi connectivity index (χ0v) is 14.9. The number of carbonyl (C=O) groups excluding carboxylic acids is 2. The third-order valence-electron chi connectivity index (χ3n) is 4.23. The van der Waals surface area contributed by atoms with Gasteiger partial charge in [-0.25, -0.2) is 9.59 Å². The van der Waals surface area contributed by atoms with Crippen LogP contribution in [0.2, 0.25) is 0 Å². The number of hydrogen-bond acceptors (Lipinski definition) is 6. The summed E-state index contributed by atoms with van der Waals surface area (Å²) in [6, 6.07) is 14.3. The van der Waals surface area contributed by atoms with Crippen LogP contribution in [0.3, 0.4) is 0 Å². The van der Waals surface area contributed by atoms with Crippen LogP contribution >= 0.6 is 0 Å². The van der Waals surface area contributed by atoms with Crippen molar-refractivity contribution in [2.45, 2.75) is 19.1 Å². The number of carbonyl (C=O) groups is 2.